The van der Waals surface area contributed by atoms with Crippen LogP contribution >= 0.6 is 0 Å². The second-order valence-electron chi connectivity index (χ2n) is 15.0. The molecular weight excluding hydrogens is 502 g/mol. The molecule has 0 unspecified atom stereocenters. The number of Topliss-reactive ketones (excluding diaryl/α,β-unsaturated/α-hetero) is 1. The summed E-state index contributed by atoms with van der Waals surface area (Å²) in [7, 11) is 6.21. The maximum absolute atomic E-state index is 14.4. The molecule has 0 amide bonds. The molecule has 6 heteroatoms. The number of aliphatic hydroxyl groups excluding tert-OH is 1. The van der Waals surface area contributed by atoms with Gasteiger partial charge >= 0.3 is 0 Å². The molecule has 0 bridgehead atoms. The lowest BCUT2D eigenvalue weighted by atomic mass is 9.44. The van der Waals surface area contributed by atoms with Crippen molar-refractivity contribution in [2.75, 3.05) is 34.5 Å². The van der Waals surface area contributed by atoms with E-state index >= 15 is 0 Å². The highest BCUT2D eigenvalue weighted by Crippen LogP contribution is 2.66. The lowest BCUT2D eigenvalue weighted by molar-refractivity contribution is -0.922. The van der Waals surface area contributed by atoms with Gasteiger partial charge in [0.25, 0.3) is 0 Å². The molecule has 3 saturated carbocycles. The van der Waals surface area contributed by atoms with Gasteiger partial charge in [0.2, 0.25) is 12.5 Å². The molecule has 0 aromatic heterocycles. The van der Waals surface area contributed by atoms with Crippen LogP contribution in [0.5, 0.6) is 17.2 Å². The molecule has 0 saturated heterocycles. The lowest BCUT2D eigenvalue weighted by Gasteiger charge is -2.60. The Morgan fingerprint density at radius 1 is 1.12 bits per heavy atom. The van der Waals surface area contributed by atoms with Gasteiger partial charge in [-0.05, 0) is 103 Å². The molecule has 1 N–H and O–H groups in total. The van der Waals surface area contributed by atoms with Crippen molar-refractivity contribution in [3.8, 4) is 17.2 Å². The molecule has 8 atom stereocenters. The number of ether oxygens (including phenoxy) is 3. The monoisotopic (exact) mass is 550 g/mol. The molecule has 1 aromatic rings. The number of carbonyl (C=O) groups excluding carboxylic acids is 1. The Morgan fingerprint density at radius 2 is 1.95 bits per heavy atom. The molecule has 218 valence electrons. The van der Waals surface area contributed by atoms with Gasteiger partial charge < -0.3 is 23.8 Å². The summed E-state index contributed by atoms with van der Waals surface area (Å²) < 4.78 is 18.3. The number of carbonyl (C=O) groups is 1. The Labute approximate surface area is 239 Å². The zero-order chi connectivity index (χ0) is 28.0. The third kappa shape index (κ3) is 3.77. The number of fused-ring (bicyclic) bond motifs is 7. The summed E-state index contributed by atoms with van der Waals surface area (Å²) >= 11 is 0. The van der Waals surface area contributed by atoms with E-state index in [-0.39, 0.29) is 24.4 Å². The average molecular weight is 551 g/mol. The van der Waals surface area contributed by atoms with E-state index in [1.54, 1.807) is 7.11 Å². The van der Waals surface area contributed by atoms with Crippen molar-refractivity contribution in [3.63, 3.8) is 0 Å². The van der Waals surface area contributed by atoms with Gasteiger partial charge in [-0.1, -0.05) is 19.9 Å². The number of nitrogens with zero attached hydrogens (tertiary/aromatic N) is 1. The minimum atomic E-state index is -0.104. The van der Waals surface area contributed by atoms with E-state index in [4.69, 9.17) is 14.2 Å². The normalized spacial score (nSPS) is 40.8. The molecule has 2 aliphatic heterocycles. The SMILES string of the molecule is COc1c2c(cc3c1[C@H](CC(=O)C1=CC[C@H]4[C@@H]5CC[C@H]6C[C@H](O)CC[C@@]6(C)[C@H]5CC[C@@]14C)[N+](C)(C)CC3)OCO2. The first kappa shape index (κ1) is 26.8. The van der Waals surface area contributed by atoms with E-state index in [0.29, 0.717) is 41.1 Å². The zero-order valence-electron chi connectivity index (χ0n) is 25.1. The Morgan fingerprint density at radius 3 is 2.75 bits per heavy atom. The summed E-state index contributed by atoms with van der Waals surface area (Å²) in [6.07, 6.45) is 12.7. The third-order valence-corrected chi connectivity index (χ3v) is 13.0. The molecule has 6 nitrogen and oxygen atoms in total. The topological polar surface area (TPSA) is 65.0 Å². The van der Waals surface area contributed by atoms with Crippen molar-refractivity contribution in [2.45, 2.75) is 90.2 Å². The number of methoxy groups -OCH3 is 1. The summed E-state index contributed by atoms with van der Waals surface area (Å²) in [5.74, 6) is 5.18. The summed E-state index contributed by atoms with van der Waals surface area (Å²) in [4.78, 5) is 14.4. The number of allylic oxidation sites excluding steroid dienone is 2. The van der Waals surface area contributed by atoms with Crippen molar-refractivity contribution in [3.05, 3.63) is 28.8 Å². The molecule has 1 aromatic carbocycles. The highest BCUT2D eigenvalue weighted by molar-refractivity contribution is 5.97. The van der Waals surface area contributed by atoms with Crippen molar-refractivity contribution in [1.82, 2.24) is 0 Å². The summed E-state index contributed by atoms with van der Waals surface area (Å²) in [6.45, 7) is 6.14. The second-order valence-corrected chi connectivity index (χ2v) is 15.0. The van der Waals surface area contributed by atoms with E-state index in [0.717, 1.165) is 78.1 Å². The summed E-state index contributed by atoms with van der Waals surface area (Å²) in [6, 6.07) is 2.13. The molecule has 4 aliphatic carbocycles. The Balaban J connectivity index is 1.16. The van der Waals surface area contributed by atoms with Gasteiger partial charge in [0.05, 0.1) is 45.8 Å². The van der Waals surface area contributed by atoms with Gasteiger partial charge in [0, 0.05) is 6.42 Å². The number of likely N-dealkylation sites (N-methyl/N-ethyl adjacent to an activating group) is 1. The van der Waals surface area contributed by atoms with E-state index in [9.17, 15) is 9.90 Å². The summed E-state index contributed by atoms with van der Waals surface area (Å²) in [5.41, 5.74) is 3.79. The molecule has 0 spiro atoms. The minimum absolute atomic E-state index is 0.0172. The van der Waals surface area contributed by atoms with Gasteiger partial charge in [0.1, 0.15) is 6.04 Å². The van der Waals surface area contributed by atoms with Gasteiger partial charge in [0.15, 0.2) is 17.3 Å². The smallest absolute Gasteiger partial charge is 0.231 e. The van der Waals surface area contributed by atoms with Crippen LogP contribution in [0.3, 0.4) is 0 Å². The van der Waals surface area contributed by atoms with Gasteiger partial charge in [-0.2, -0.15) is 0 Å². The molecule has 3 fully saturated rings. The van der Waals surface area contributed by atoms with Crippen LogP contribution in [-0.4, -0.2) is 56.0 Å². The first-order chi connectivity index (χ1) is 19.1. The van der Waals surface area contributed by atoms with Crippen LogP contribution in [0.2, 0.25) is 0 Å². The Kier molecular flexibility index (Phi) is 6.19. The number of benzene rings is 1. The number of hydrogen-bond acceptors (Lipinski definition) is 5. The van der Waals surface area contributed by atoms with Crippen LogP contribution in [0.4, 0.5) is 0 Å². The average Bonchev–Trinajstić information content (AvgIpc) is 3.53. The van der Waals surface area contributed by atoms with Crippen molar-refractivity contribution >= 4 is 5.78 Å². The largest absolute Gasteiger partial charge is 0.492 e. The number of quaternary nitrogens is 1. The maximum atomic E-state index is 14.4. The molecule has 6 aliphatic rings. The van der Waals surface area contributed by atoms with Crippen molar-refractivity contribution < 1.29 is 28.6 Å². The van der Waals surface area contributed by atoms with E-state index < -0.39 is 0 Å². The highest BCUT2D eigenvalue weighted by atomic mass is 16.7. The quantitative estimate of drug-likeness (QED) is 0.466. The van der Waals surface area contributed by atoms with E-state index in [1.165, 1.54) is 24.8 Å². The number of ketones is 1. The van der Waals surface area contributed by atoms with Crippen LogP contribution in [0.15, 0.2) is 17.7 Å². The van der Waals surface area contributed by atoms with Crippen LogP contribution < -0.4 is 14.2 Å². The first-order valence-corrected chi connectivity index (χ1v) is 15.8. The van der Waals surface area contributed by atoms with Crippen molar-refractivity contribution in [2.24, 2.45) is 34.5 Å². The fraction of sp³-hybridized carbons (Fsp3) is 0.735. The van der Waals surface area contributed by atoms with E-state index in [1.807, 2.05) is 0 Å². The van der Waals surface area contributed by atoms with Gasteiger partial charge in [-0.3, -0.25) is 4.79 Å². The summed E-state index contributed by atoms with van der Waals surface area (Å²) in [5, 5.41) is 10.4. The van der Waals surface area contributed by atoms with Crippen LogP contribution in [0.1, 0.15) is 88.8 Å². The fourth-order valence-corrected chi connectivity index (χ4v) is 10.6. The zero-order valence-corrected chi connectivity index (χ0v) is 25.1. The fourth-order valence-electron chi connectivity index (χ4n) is 10.6. The molecule has 2 heterocycles. The van der Waals surface area contributed by atoms with Gasteiger partial charge in [-0.15, -0.1) is 0 Å². The van der Waals surface area contributed by atoms with E-state index in [2.05, 4.69) is 40.1 Å². The molecular formula is C34H48NO5+. The first-order valence-electron chi connectivity index (χ1n) is 15.8. The Hall–Kier alpha value is -2.05. The molecule has 40 heavy (non-hydrogen) atoms. The van der Waals surface area contributed by atoms with Crippen LogP contribution in [-0.2, 0) is 11.2 Å². The minimum Gasteiger partial charge on any atom is -0.492 e. The Bertz CT molecular complexity index is 1250. The second kappa shape index (κ2) is 9.22. The molecule has 0 radical (unpaired) electrons. The highest BCUT2D eigenvalue weighted by Gasteiger charge is 2.59. The third-order valence-electron chi connectivity index (χ3n) is 13.0. The maximum Gasteiger partial charge on any atom is 0.231 e. The number of hydrogen-bond donors (Lipinski definition) is 1. The van der Waals surface area contributed by atoms with Crippen molar-refractivity contribution in [1.29, 1.82) is 0 Å². The molecule has 7 rings (SSSR count). The predicted molar refractivity (Wildman–Crippen MR) is 153 cm³/mol. The van der Waals surface area contributed by atoms with Crippen LogP contribution in [0.25, 0.3) is 0 Å². The number of rotatable bonds is 4. The van der Waals surface area contributed by atoms with Gasteiger partial charge in [-0.25, -0.2) is 0 Å². The predicted octanol–water partition coefficient (Wildman–Crippen LogP) is 6.00. The standard InChI is InChI=1S/C34H48NO5/c1-33-13-10-22(36)17-21(33)6-7-23-24-8-9-26(34(24,2)14-11-25(23)33)28(37)18-27-30-20(12-15-35(27,3)4)16-29-31(32(30)38-5)40-19-39-29/h9,16,21-25,27,36H,6-8,10-15,17-19H2,1-5H3/q+1/t21-,22+,23-,24-,25-,27-,33+,34+/m0/s1. The number of aliphatic hydroxyl groups is 1. The lowest BCUT2D eigenvalue weighted by Crippen LogP contribution is -2.54. The van der Waals surface area contributed by atoms with Crippen LogP contribution in [0, 0.1) is 34.5 Å².